The normalized spacial score (nSPS) is 14.8. The Morgan fingerprint density at radius 1 is 1.10 bits per heavy atom. The predicted octanol–water partition coefficient (Wildman–Crippen LogP) is 3.53. The Labute approximate surface area is 126 Å². The van der Waals surface area contributed by atoms with Crippen LogP contribution in [0, 0.1) is 5.82 Å². The van der Waals surface area contributed by atoms with Gasteiger partial charge >= 0.3 is 0 Å². The van der Waals surface area contributed by atoms with E-state index >= 15 is 0 Å². The molecule has 21 heavy (non-hydrogen) atoms. The first-order valence-electron chi connectivity index (χ1n) is 6.65. The summed E-state index contributed by atoms with van der Waals surface area (Å²) in [5.41, 5.74) is 1.03. The van der Waals surface area contributed by atoms with Crippen molar-refractivity contribution in [1.29, 1.82) is 0 Å². The highest BCUT2D eigenvalue weighted by molar-refractivity contribution is 6.30. The number of fused-ring (bicyclic) bond motifs is 1. The third kappa shape index (κ3) is 3.12. The maximum Gasteiger partial charge on any atom is 0.161 e. The summed E-state index contributed by atoms with van der Waals surface area (Å²) in [6.45, 7) is 0.998. The minimum atomic E-state index is -0.839. The lowest BCUT2D eigenvalue weighted by Gasteiger charge is -2.20. The highest BCUT2D eigenvalue weighted by atomic mass is 35.5. The molecule has 0 amide bonds. The number of ether oxygens (including phenoxy) is 2. The van der Waals surface area contributed by atoms with Gasteiger partial charge in [0.15, 0.2) is 11.5 Å². The molecule has 0 bridgehead atoms. The van der Waals surface area contributed by atoms with Crippen LogP contribution in [0.3, 0.4) is 0 Å². The number of aliphatic hydroxyl groups excluding tert-OH is 1. The first-order chi connectivity index (χ1) is 10.1. The van der Waals surface area contributed by atoms with E-state index in [-0.39, 0.29) is 12.2 Å². The highest BCUT2D eigenvalue weighted by Crippen LogP contribution is 2.33. The molecule has 110 valence electrons. The van der Waals surface area contributed by atoms with E-state index in [9.17, 15) is 9.50 Å². The smallest absolute Gasteiger partial charge is 0.161 e. The second-order valence-electron chi connectivity index (χ2n) is 4.86. The topological polar surface area (TPSA) is 38.7 Å². The molecule has 2 aromatic carbocycles. The molecule has 0 fully saturated rings. The summed E-state index contributed by atoms with van der Waals surface area (Å²) in [5, 5.41) is 10.7. The molecule has 0 radical (unpaired) electrons. The van der Waals surface area contributed by atoms with Gasteiger partial charge in [-0.1, -0.05) is 17.7 Å². The van der Waals surface area contributed by atoms with Gasteiger partial charge in [-0.2, -0.15) is 0 Å². The van der Waals surface area contributed by atoms with Crippen LogP contribution in [0.25, 0.3) is 0 Å². The molecule has 1 unspecified atom stereocenters. The fraction of sp³-hybridized carbons (Fsp3) is 0.250. The Bertz CT molecular complexity index is 660. The Hall–Kier alpha value is -1.78. The SMILES string of the molecule is OC(Cc1cc(Cl)ccc1F)c1ccc2c(c1)OCCO2. The molecule has 5 heteroatoms. The van der Waals surface area contributed by atoms with E-state index in [2.05, 4.69) is 0 Å². The van der Waals surface area contributed by atoms with Crippen LogP contribution in [-0.4, -0.2) is 18.3 Å². The highest BCUT2D eigenvalue weighted by Gasteiger charge is 2.17. The van der Waals surface area contributed by atoms with Crippen LogP contribution in [0.2, 0.25) is 5.02 Å². The van der Waals surface area contributed by atoms with Crippen molar-refractivity contribution in [2.45, 2.75) is 12.5 Å². The van der Waals surface area contributed by atoms with E-state index in [1.165, 1.54) is 18.2 Å². The van der Waals surface area contributed by atoms with Crippen LogP contribution in [-0.2, 0) is 6.42 Å². The number of hydrogen-bond acceptors (Lipinski definition) is 3. The monoisotopic (exact) mass is 308 g/mol. The van der Waals surface area contributed by atoms with Crippen LogP contribution in [0.15, 0.2) is 36.4 Å². The average molecular weight is 309 g/mol. The van der Waals surface area contributed by atoms with Crippen molar-refractivity contribution in [3.63, 3.8) is 0 Å². The average Bonchev–Trinajstić information content (AvgIpc) is 2.50. The van der Waals surface area contributed by atoms with Crippen molar-refractivity contribution >= 4 is 11.6 Å². The van der Waals surface area contributed by atoms with E-state index in [0.29, 0.717) is 40.9 Å². The number of benzene rings is 2. The van der Waals surface area contributed by atoms with Gasteiger partial charge in [0.1, 0.15) is 19.0 Å². The van der Waals surface area contributed by atoms with Crippen LogP contribution < -0.4 is 9.47 Å². The zero-order chi connectivity index (χ0) is 14.8. The molecule has 1 heterocycles. The van der Waals surface area contributed by atoms with E-state index in [1.54, 1.807) is 18.2 Å². The second kappa shape index (κ2) is 5.92. The first-order valence-corrected chi connectivity index (χ1v) is 7.03. The molecule has 1 aliphatic heterocycles. The van der Waals surface area contributed by atoms with Gasteiger partial charge in [0.2, 0.25) is 0 Å². The van der Waals surface area contributed by atoms with Crippen molar-refractivity contribution < 1.29 is 19.0 Å². The molecule has 2 aromatic rings. The summed E-state index contributed by atoms with van der Waals surface area (Å²) in [6.07, 6.45) is -0.694. The third-order valence-corrected chi connectivity index (χ3v) is 3.61. The summed E-state index contributed by atoms with van der Waals surface area (Å²) in [5.74, 6) is 0.881. The predicted molar refractivity (Wildman–Crippen MR) is 77.5 cm³/mol. The third-order valence-electron chi connectivity index (χ3n) is 3.37. The van der Waals surface area contributed by atoms with Crippen LogP contribution in [0.1, 0.15) is 17.2 Å². The Kier molecular flexibility index (Phi) is 3.99. The van der Waals surface area contributed by atoms with Gasteiger partial charge in [0.05, 0.1) is 6.10 Å². The maximum atomic E-state index is 13.7. The fourth-order valence-electron chi connectivity index (χ4n) is 2.29. The lowest BCUT2D eigenvalue weighted by molar-refractivity contribution is 0.164. The van der Waals surface area contributed by atoms with Gasteiger partial charge in [-0.3, -0.25) is 0 Å². The number of aliphatic hydroxyl groups is 1. The van der Waals surface area contributed by atoms with Crippen molar-refractivity contribution in [2.24, 2.45) is 0 Å². The molecule has 0 saturated heterocycles. The number of halogens is 2. The summed E-state index contributed by atoms with van der Waals surface area (Å²) >= 11 is 5.86. The van der Waals surface area contributed by atoms with Crippen molar-refractivity contribution in [3.8, 4) is 11.5 Å². The molecule has 0 aromatic heterocycles. The van der Waals surface area contributed by atoms with Gasteiger partial charge in [-0.15, -0.1) is 0 Å². The number of rotatable bonds is 3. The van der Waals surface area contributed by atoms with E-state index in [4.69, 9.17) is 21.1 Å². The molecular formula is C16H14ClFO3. The molecule has 0 aliphatic carbocycles. The molecule has 0 saturated carbocycles. The zero-order valence-corrected chi connectivity index (χ0v) is 11.9. The molecule has 1 aliphatic rings. The van der Waals surface area contributed by atoms with Gasteiger partial charge < -0.3 is 14.6 Å². The first kappa shape index (κ1) is 14.2. The van der Waals surface area contributed by atoms with Gasteiger partial charge in [0, 0.05) is 11.4 Å². The Balaban J connectivity index is 1.82. The van der Waals surface area contributed by atoms with E-state index < -0.39 is 6.10 Å². The lowest BCUT2D eigenvalue weighted by atomic mass is 10.0. The maximum absolute atomic E-state index is 13.7. The van der Waals surface area contributed by atoms with E-state index in [0.717, 1.165) is 0 Å². The summed E-state index contributed by atoms with van der Waals surface area (Å²) in [6, 6.07) is 9.53. The summed E-state index contributed by atoms with van der Waals surface area (Å²) in [7, 11) is 0. The quantitative estimate of drug-likeness (QED) is 0.943. The standard InChI is InChI=1S/C16H14ClFO3/c17-12-2-3-13(18)11(7-12)8-14(19)10-1-4-15-16(9-10)21-6-5-20-15/h1-4,7,9,14,19H,5-6,8H2. The minimum Gasteiger partial charge on any atom is -0.486 e. The molecule has 3 rings (SSSR count). The van der Waals surface area contributed by atoms with Gasteiger partial charge in [0.25, 0.3) is 0 Å². The molecule has 1 N–H and O–H groups in total. The van der Waals surface area contributed by atoms with Crippen molar-refractivity contribution in [2.75, 3.05) is 13.2 Å². The van der Waals surface area contributed by atoms with Crippen molar-refractivity contribution in [3.05, 3.63) is 58.4 Å². The van der Waals surface area contributed by atoms with Crippen LogP contribution in [0.5, 0.6) is 11.5 Å². The van der Waals surface area contributed by atoms with Gasteiger partial charge in [-0.25, -0.2) is 4.39 Å². The summed E-state index contributed by atoms with van der Waals surface area (Å²) < 4.78 is 24.6. The van der Waals surface area contributed by atoms with Crippen LogP contribution >= 0.6 is 11.6 Å². The fourth-order valence-corrected chi connectivity index (χ4v) is 2.49. The minimum absolute atomic E-state index is 0.145. The largest absolute Gasteiger partial charge is 0.486 e. The van der Waals surface area contributed by atoms with Gasteiger partial charge in [-0.05, 0) is 41.5 Å². The Morgan fingerprint density at radius 3 is 2.67 bits per heavy atom. The molecule has 3 nitrogen and oxygen atoms in total. The molecular weight excluding hydrogens is 295 g/mol. The van der Waals surface area contributed by atoms with E-state index in [1.807, 2.05) is 0 Å². The molecule has 0 spiro atoms. The van der Waals surface area contributed by atoms with Crippen molar-refractivity contribution in [1.82, 2.24) is 0 Å². The zero-order valence-electron chi connectivity index (χ0n) is 11.2. The second-order valence-corrected chi connectivity index (χ2v) is 5.30. The Morgan fingerprint density at radius 2 is 1.86 bits per heavy atom. The summed E-state index contributed by atoms with van der Waals surface area (Å²) in [4.78, 5) is 0. The number of hydrogen-bond donors (Lipinski definition) is 1. The van der Waals surface area contributed by atoms with Crippen LogP contribution in [0.4, 0.5) is 4.39 Å². The molecule has 1 atom stereocenters. The lowest BCUT2D eigenvalue weighted by Crippen LogP contribution is -2.15.